The standard InChI is InChI=1S/C15H20BrN3O/c1-10-6-11(2)8-12(7-10)14(17)15-13(16)9-18-19(15)4-5-20-3/h6-9,14H,4-5,17H2,1-3H3. The number of hydrogen-bond acceptors (Lipinski definition) is 3. The summed E-state index contributed by atoms with van der Waals surface area (Å²) in [6, 6.07) is 6.19. The van der Waals surface area contributed by atoms with Crippen LogP contribution in [0.4, 0.5) is 0 Å². The lowest BCUT2D eigenvalue weighted by Crippen LogP contribution is -2.19. The molecule has 0 saturated heterocycles. The number of nitrogens with zero attached hydrogens (tertiary/aromatic N) is 2. The number of nitrogens with two attached hydrogens (primary N) is 1. The highest BCUT2D eigenvalue weighted by atomic mass is 79.9. The second kappa shape index (κ2) is 6.52. The summed E-state index contributed by atoms with van der Waals surface area (Å²) in [6.07, 6.45) is 1.79. The van der Waals surface area contributed by atoms with Crippen molar-refractivity contribution in [1.29, 1.82) is 0 Å². The Morgan fingerprint density at radius 2 is 1.95 bits per heavy atom. The molecule has 1 aromatic heterocycles. The van der Waals surface area contributed by atoms with E-state index >= 15 is 0 Å². The van der Waals surface area contributed by atoms with E-state index in [1.165, 1.54) is 11.1 Å². The van der Waals surface area contributed by atoms with Gasteiger partial charge in [-0.25, -0.2) is 0 Å². The number of methoxy groups -OCH3 is 1. The number of aryl methyl sites for hydroxylation is 2. The summed E-state index contributed by atoms with van der Waals surface area (Å²) in [4.78, 5) is 0. The van der Waals surface area contributed by atoms with Crippen molar-refractivity contribution in [3.8, 4) is 0 Å². The monoisotopic (exact) mass is 337 g/mol. The smallest absolute Gasteiger partial charge is 0.0739 e. The fraction of sp³-hybridized carbons (Fsp3) is 0.400. The molecule has 0 spiro atoms. The van der Waals surface area contributed by atoms with Gasteiger partial charge in [0, 0.05) is 7.11 Å². The Bertz CT molecular complexity index is 575. The van der Waals surface area contributed by atoms with E-state index in [9.17, 15) is 0 Å². The Hall–Kier alpha value is -1.17. The van der Waals surface area contributed by atoms with Crippen LogP contribution in [0.3, 0.4) is 0 Å². The van der Waals surface area contributed by atoms with Crippen molar-refractivity contribution in [1.82, 2.24) is 9.78 Å². The Kier molecular flexibility index (Phi) is 4.96. The molecule has 108 valence electrons. The molecular formula is C15H20BrN3O. The molecule has 2 aromatic rings. The van der Waals surface area contributed by atoms with Crippen molar-refractivity contribution in [2.24, 2.45) is 5.73 Å². The minimum absolute atomic E-state index is 0.206. The highest BCUT2D eigenvalue weighted by Gasteiger charge is 2.18. The van der Waals surface area contributed by atoms with Crippen LogP contribution in [0.25, 0.3) is 0 Å². The molecule has 0 saturated carbocycles. The van der Waals surface area contributed by atoms with Gasteiger partial charge in [-0.2, -0.15) is 5.10 Å². The summed E-state index contributed by atoms with van der Waals surface area (Å²) in [5.74, 6) is 0. The van der Waals surface area contributed by atoms with Crippen molar-refractivity contribution in [2.75, 3.05) is 13.7 Å². The summed E-state index contributed by atoms with van der Waals surface area (Å²) < 4.78 is 7.95. The molecule has 2 rings (SSSR count). The van der Waals surface area contributed by atoms with E-state index in [-0.39, 0.29) is 6.04 Å². The average Bonchev–Trinajstić information content (AvgIpc) is 2.75. The van der Waals surface area contributed by atoms with Crippen LogP contribution in [-0.4, -0.2) is 23.5 Å². The van der Waals surface area contributed by atoms with Crippen LogP contribution in [0.2, 0.25) is 0 Å². The van der Waals surface area contributed by atoms with Crippen molar-refractivity contribution < 1.29 is 4.74 Å². The summed E-state index contributed by atoms with van der Waals surface area (Å²) in [7, 11) is 1.68. The lowest BCUT2D eigenvalue weighted by atomic mass is 10.00. The molecule has 2 N–H and O–H groups in total. The van der Waals surface area contributed by atoms with Gasteiger partial charge in [0.25, 0.3) is 0 Å². The summed E-state index contributed by atoms with van der Waals surface area (Å²) >= 11 is 3.54. The van der Waals surface area contributed by atoms with Crippen molar-refractivity contribution >= 4 is 15.9 Å². The normalized spacial score (nSPS) is 12.7. The van der Waals surface area contributed by atoms with Gasteiger partial charge >= 0.3 is 0 Å². The van der Waals surface area contributed by atoms with Gasteiger partial charge in [0.05, 0.1) is 35.6 Å². The predicted molar refractivity (Wildman–Crippen MR) is 83.7 cm³/mol. The summed E-state index contributed by atoms with van der Waals surface area (Å²) in [6.45, 7) is 5.47. The molecular weight excluding hydrogens is 318 g/mol. The molecule has 1 atom stereocenters. The van der Waals surface area contributed by atoms with Crippen LogP contribution >= 0.6 is 15.9 Å². The molecule has 5 heteroatoms. The maximum absolute atomic E-state index is 6.44. The van der Waals surface area contributed by atoms with Gasteiger partial charge in [-0.15, -0.1) is 0 Å². The lowest BCUT2D eigenvalue weighted by molar-refractivity contribution is 0.182. The average molecular weight is 338 g/mol. The summed E-state index contributed by atoms with van der Waals surface area (Å²) in [5.41, 5.74) is 11.0. The first-order valence-electron chi connectivity index (χ1n) is 6.57. The van der Waals surface area contributed by atoms with E-state index in [1.54, 1.807) is 13.3 Å². The minimum Gasteiger partial charge on any atom is -0.383 e. The molecule has 0 aliphatic carbocycles. The fourth-order valence-corrected chi connectivity index (χ4v) is 2.93. The molecule has 0 fully saturated rings. The van der Waals surface area contributed by atoms with Gasteiger partial charge in [-0.3, -0.25) is 4.68 Å². The molecule has 1 aromatic carbocycles. The minimum atomic E-state index is -0.206. The van der Waals surface area contributed by atoms with Gasteiger partial charge < -0.3 is 10.5 Å². The molecule has 1 heterocycles. The zero-order valence-electron chi connectivity index (χ0n) is 12.1. The van der Waals surface area contributed by atoms with Crippen LogP contribution in [-0.2, 0) is 11.3 Å². The Morgan fingerprint density at radius 1 is 1.30 bits per heavy atom. The number of benzene rings is 1. The van der Waals surface area contributed by atoms with Gasteiger partial charge in [0.15, 0.2) is 0 Å². The maximum atomic E-state index is 6.44. The van der Waals surface area contributed by atoms with Crippen LogP contribution in [0.1, 0.15) is 28.4 Å². The lowest BCUT2D eigenvalue weighted by Gasteiger charge is -2.16. The van der Waals surface area contributed by atoms with Crippen molar-refractivity contribution in [2.45, 2.75) is 26.4 Å². The number of rotatable bonds is 5. The highest BCUT2D eigenvalue weighted by Crippen LogP contribution is 2.27. The van der Waals surface area contributed by atoms with E-state index in [0.717, 1.165) is 15.7 Å². The molecule has 4 nitrogen and oxygen atoms in total. The Balaban J connectivity index is 2.36. The van der Waals surface area contributed by atoms with Crippen LogP contribution in [0, 0.1) is 13.8 Å². The largest absolute Gasteiger partial charge is 0.383 e. The molecule has 0 radical (unpaired) electrons. The number of aromatic nitrogens is 2. The predicted octanol–water partition coefficient (Wildman–Crippen LogP) is 2.96. The zero-order chi connectivity index (χ0) is 14.7. The van der Waals surface area contributed by atoms with Gasteiger partial charge in [0.1, 0.15) is 0 Å². The van der Waals surface area contributed by atoms with Crippen molar-refractivity contribution in [3.63, 3.8) is 0 Å². The third kappa shape index (κ3) is 3.29. The number of halogens is 1. The topological polar surface area (TPSA) is 53.1 Å². The fourth-order valence-electron chi connectivity index (χ4n) is 2.38. The summed E-state index contributed by atoms with van der Waals surface area (Å²) in [5, 5.41) is 4.35. The van der Waals surface area contributed by atoms with Gasteiger partial charge in [-0.05, 0) is 35.3 Å². The van der Waals surface area contributed by atoms with E-state index in [2.05, 4.69) is 53.1 Å². The van der Waals surface area contributed by atoms with E-state index in [1.807, 2.05) is 4.68 Å². The van der Waals surface area contributed by atoms with Crippen LogP contribution in [0.15, 0.2) is 28.9 Å². The third-order valence-corrected chi connectivity index (χ3v) is 3.85. The molecule has 0 bridgehead atoms. The third-order valence-electron chi connectivity index (χ3n) is 3.24. The van der Waals surface area contributed by atoms with E-state index < -0.39 is 0 Å². The first-order chi connectivity index (χ1) is 9.52. The van der Waals surface area contributed by atoms with Crippen LogP contribution < -0.4 is 5.73 Å². The maximum Gasteiger partial charge on any atom is 0.0739 e. The molecule has 0 aliphatic heterocycles. The second-order valence-electron chi connectivity index (χ2n) is 4.99. The molecule has 0 amide bonds. The molecule has 0 aliphatic rings. The quantitative estimate of drug-likeness (QED) is 0.912. The SMILES string of the molecule is COCCn1ncc(Br)c1C(N)c1cc(C)cc(C)c1. The first-order valence-corrected chi connectivity index (χ1v) is 7.36. The first kappa shape index (κ1) is 15.2. The van der Waals surface area contributed by atoms with Gasteiger partial charge in [-0.1, -0.05) is 29.3 Å². The van der Waals surface area contributed by atoms with Crippen LogP contribution in [0.5, 0.6) is 0 Å². The van der Waals surface area contributed by atoms with E-state index in [4.69, 9.17) is 10.5 Å². The highest BCUT2D eigenvalue weighted by molar-refractivity contribution is 9.10. The Labute approximate surface area is 128 Å². The van der Waals surface area contributed by atoms with Gasteiger partial charge in [0.2, 0.25) is 0 Å². The van der Waals surface area contributed by atoms with E-state index in [0.29, 0.717) is 13.2 Å². The number of hydrogen-bond donors (Lipinski definition) is 1. The zero-order valence-corrected chi connectivity index (χ0v) is 13.6. The second-order valence-corrected chi connectivity index (χ2v) is 5.85. The van der Waals surface area contributed by atoms with Crippen molar-refractivity contribution in [3.05, 3.63) is 51.3 Å². The number of ether oxygens (including phenoxy) is 1. The molecule has 1 unspecified atom stereocenters. The molecule has 20 heavy (non-hydrogen) atoms. The Morgan fingerprint density at radius 3 is 2.55 bits per heavy atom.